The van der Waals surface area contributed by atoms with Crippen LogP contribution in [0.15, 0.2) is 15.7 Å². The molecule has 6 nitrogen and oxygen atoms in total. The van der Waals surface area contributed by atoms with Gasteiger partial charge in [-0.3, -0.25) is 14.3 Å². The number of imidazole rings is 1. The summed E-state index contributed by atoms with van der Waals surface area (Å²) in [6, 6.07) is 0. The number of thiol groups is 1. The fourth-order valence-electron chi connectivity index (χ4n) is 1.47. The molecule has 0 aliphatic heterocycles. The van der Waals surface area contributed by atoms with Gasteiger partial charge in [-0.15, -0.1) is 0 Å². The molecule has 0 bridgehead atoms. The zero-order valence-electron chi connectivity index (χ0n) is 9.23. The molecule has 0 fully saturated rings. The summed E-state index contributed by atoms with van der Waals surface area (Å²) in [5, 5.41) is 0. The van der Waals surface area contributed by atoms with Gasteiger partial charge in [0.1, 0.15) is 11.3 Å². The van der Waals surface area contributed by atoms with Crippen LogP contribution in [0.2, 0.25) is 0 Å². The Kier molecular flexibility index (Phi) is 3.19. The topological polar surface area (TPSA) is 83.5 Å². The van der Waals surface area contributed by atoms with Crippen molar-refractivity contribution in [3.63, 3.8) is 0 Å². The first-order valence-corrected chi connectivity index (χ1v) is 5.73. The molecule has 2 rings (SSSR count). The van der Waals surface area contributed by atoms with E-state index in [0.717, 1.165) is 12.2 Å². The van der Waals surface area contributed by atoms with Crippen LogP contribution in [-0.2, 0) is 7.05 Å². The lowest BCUT2D eigenvalue weighted by Crippen LogP contribution is -2.28. The van der Waals surface area contributed by atoms with Crippen molar-refractivity contribution < 1.29 is 0 Å². The van der Waals surface area contributed by atoms with Crippen LogP contribution in [0.1, 0.15) is 12.2 Å². The van der Waals surface area contributed by atoms with Crippen molar-refractivity contribution in [2.24, 2.45) is 7.05 Å². The number of allylic oxidation sites excluding steroid dienone is 1. The molecule has 0 radical (unpaired) electrons. The van der Waals surface area contributed by atoms with Gasteiger partial charge in [0.2, 0.25) is 0 Å². The Hall–Kier alpha value is -1.76. The van der Waals surface area contributed by atoms with Crippen molar-refractivity contribution in [1.82, 2.24) is 19.5 Å². The molecule has 2 aromatic heterocycles. The van der Waals surface area contributed by atoms with Crippen molar-refractivity contribution in [3.05, 3.63) is 32.7 Å². The Morgan fingerprint density at radius 3 is 2.88 bits per heavy atom. The first-order valence-electron chi connectivity index (χ1n) is 5.10. The van der Waals surface area contributed by atoms with Gasteiger partial charge in [-0.1, -0.05) is 6.08 Å². The van der Waals surface area contributed by atoms with Gasteiger partial charge in [-0.25, -0.2) is 9.78 Å². The van der Waals surface area contributed by atoms with Gasteiger partial charge in [-0.05, 0) is 18.2 Å². The van der Waals surface area contributed by atoms with Gasteiger partial charge >= 0.3 is 5.69 Å². The van der Waals surface area contributed by atoms with E-state index in [1.54, 1.807) is 13.1 Å². The summed E-state index contributed by atoms with van der Waals surface area (Å²) in [6.07, 6.45) is 4.48. The van der Waals surface area contributed by atoms with E-state index in [1.807, 2.05) is 6.08 Å². The molecule has 0 spiro atoms. The Morgan fingerprint density at radius 1 is 1.41 bits per heavy atom. The van der Waals surface area contributed by atoms with E-state index in [1.165, 1.54) is 4.57 Å². The third kappa shape index (κ3) is 2.19. The highest BCUT2D eigenvalue weighted by Gasteiger charge is 2.08. The van der Waals surface area contributed by atoms with Crippen molar-refractivity contribution in [1.29, 1.82) is 0 Å². The lowest BCUT2D eigenvalue weighted by molar-refractivity contribution is 0.832. The molecule has 0 aliphatic rings. The molecule has 0 aliphatic carbocycles. The number of nitrogens with zero attached hydrogens (tertiary/aromatic N) is 2. The van der Waals surface area contributed by atoms with Crippen molar-refractivity contribution in [3.8, 4) is 0 Å². The average Bonchev–Trinajstić information content (AvgIpc) is 2.71. The fraction of sp³-hybridized carbons (Fsp3) is 0.300. The van der Waals surface area contributed by atoms with Crippen LogP contribution >= 0.6 is 12.6 Å². The molecule has 2 aromatic rings. The molecular formula is C10H12N4O2S. The standard InChI is InChI=1S/C10H12N4O2S/c1-14-8-7(9(15)13-10(14)16)11-6(12-8)4-2-3-5-17/h2,4,17H,3,5H2,1H3,(H,11,12)(H,13,15,16). The van der Waals surface area contributed by atoms with E-state index >= 15 is 0 Å². The molecule has 90 valence electrons. The number of H-pyrrole nitrogens is 2. The molecule has 0 unspecified atom stereocenters. The van der Waals surface area contributed by atoms with E-state index in [4.69, 9.17) is 0 Å². The number of hydrogen-bond donors (Lipinski definition) is 3. The van der Waals surface area contributed by atoms with E-state index < -0.39 is 11.2 Å². The molecular weight excluding hydrogens is 240 g/mol. The van der Waals surface area contributed by atoms with Crippen molar-refractivity contribution in [2.45, 2.75) is 6.42 Å². The number of fused-ring (bicyclic) bond motifs is 1. The van der Waals surface area contributed by atoms with Crippen LogP contribution in [0.25, 0.3) is 17.2 Å². The molecule has 2 heterocycles. The zero-order chi connectivity index (χ0) is 12.4. The molecule has 7 heteroatoms. The predicted octanol–water partition coefficient (Wildman–Crippen LogP) is 0.283. The molecule has 0 saturated carbocycles. The molecule has 2 N–H and O–H groups in total. The quantitative estimate of drug-likeness (QED) is 0.686. The van der Waals surface area contributed by atoms with Gasteiger partial charge in [0.05, 0.1) is 0 Å². The largest absolute Gasteiger partial charge is 0.333 e. The number of aryl methyl sites for hydroxylation is 1. The maximum atomic E-state index is 11.5. The van der Waals surface area contributed by atoms with Crippen LogP contribution in [0.5, 0.6) is 0 Å². The lowest BCUT2D eigenvalue weighted by Gasteiger charge is -1.94. The summed E-state index contributed by atoms with van der Waals surface area (Å²) in [5.74, 6) is 1.30. The van der Waals surface area contributed by atoms with Gasteiger partial charge in [0.25, 0.3) is 5.56 Å². The number of hydrogen-bond acceptors (Lipinski definition) is 4. The minimum Gasteiger partial charge on any atom is -0.333 e. The lowest BCUT2D eigenvalue weighted by atomic mass is 10.4. The molecule has 0 aromatic carbocycles. The first kappa shape index (κ1) is 11.7. The summed E-state index contributed by atoms with van der Waals surface area (Å²) in [4.78, 5) is 32.1. The third-order valence-electron chi connectivity index (χ3n) is 2.34. The summed E-state index contributed by atoms with van der Waals surface area (Å²) in [6.45, 7) is 0. The van der Waals surface area contributed by atoms with Gasteiger partial charge in [-0.2, -0.15) is 12.6 Å². The van der Waals surface area contributed by atoms with Crippen LogP contribution in [0, 0.1) is 0 Å². The minimum atomic E-state index is -0.472. The summed E-state index contributed by atoms with van der Waals surface area (Å²) in [5.41, 5.74) is -0.272. The Morgan fingerprint density at radius 2 is 2.18 bits per heavy atom. The maximum Gasteiger partial charge on any atom is 0.329 e. The smallest absolute Gasteiger partial charge is 0.329 e. The van der Waals surface area contributed by atoms with Crippen LogP contribution in [0.3, 0.4) is 0 Å². The van der Waals surface area contributed by atoms with Crippen LogP contribution in [-0.4, -0.2) is 25.3 Å². The predicted molar refractivity (Wildman–Crippen MR) is 69.5 cm³/mol. The van der Waals surface area contributed by atoms with Crippen LogP contribution in [0.4, 0.5) is 0 Å². The minimum absolute atomic E-state index is 0.303. The average molecular weight is 252 g/mol. The van der Waals surface area contributed by atoms with Gasteiger partial charge < -0.3 is 4.98 Å². The zero-order valence-corrected chi connectivity index (χ0v) is 10.1. The molecule has 0 atom stereocenters. The number of nitrogens with one attached hydrogen (secondary N) is 2. The summed E-state index contributed by atoms with van der Waals surface area (Å²) >= 11 is 4.08. The van der Waals surface area contributed by atoms with Crippen molar-refractivity contribution in [2.75, 3.05) is 5.75 Å². The highest BCUT2D eigenvalue weighted by Crippen LogP contribution is 2.05. The Bertz CT molecular complexity index is 680. The second-order valence-corrected chi connectivity index (χ2v) is 4.00. The fourth-order valence-corrected chi connectivity index (χ4v) is 1.62. The van der Waals surface area contributed by atoms with E-state index in [0.29, 0.717) is 17.0 Å². The number of aromatic amines is 2. The highest BCUT2D eigenvalue weighted by atomic mass is 32.1. The Balaban J connectivity index is 2.58. The monoisotopic (exact) mass is 252 g/mol. The van der Waals surface area contributed by atoms with Gasteiger partial charge in [0.15, 0.2) is 5.65 Å². The van der Waals surface area contributed by atoms with Gasteiger partial charge in [0, 0.05) is 7.05 Å². The first-order chi connectivity index (χ1) is 8.13. The van der Waals surface area contributed by atoms with E-state index in [2.05, 4.69) is 27.6 Å². The normalized spacial score (nSPS) is 11.6. The second-order valence-electron chi connectivity index (χ2n) is 3.55. The summed E-state index contributed by atoms with van der Waals surface area (Å²) < 4.78 is 1.29. The SMILES string of the molecule is Cn1c(=O)[nH]c(=O)c2[nH]c(C=CCCS)nc21. The highest BCUT2D eigenvalue weighted by molar-refractivity contribution is 7.80. The number of aromatic nitrogens is 4. The van der Waals surface area contributed by atoms with E-state index in [-0.39, 0.29) is 0 Å². The molecule has 0 amide bonds. The maximum absolute atomic E-state index is 11.5. The number of rotatable bonds is 3. The third-order valence-corrected chi connectivity index (χ3v) is 2.60. The van der Waals surface area contributed by atoms with Crippen LogP contribution < -0.4 is 11.2 Å². The Labute approximate surface area is 102 Å². The summed E-state index contributed by atoms with van der Waals surface area (Å²) in [7, 11) is 1.56. The van der Waals surface area contributed by atoms with E-state index in [9.17, 15) is 9.59 Å². The molecule has 17 heavy (non-hydrogen) atoms. The molecule has 0 saturated heterocycles. The van der Waals surface area contributed by atoms with Crippen molar-refractivity contribution >= 4 is 29.9 Å². The second kappa shape index (κ2) is 4.62.